The predicted octanol–water partition coefficient (Wildman–Crippen LogP) is 4.58. The number of hydrogen-bond donors (Lipinski definition) is 2. The summed E-state index contributed by atoms with van der Waals surface area (Å²) >= 11 is 6.23. The highest BCUT2D eigenvalue weighted by Gasteiger charge is 2.11. The van der Waals surface area contributed by atoms with Gasteiger partial charge in [-0.3, -0.25) is 0 Å². The van der Waals surface area contributed by atoms with Crippen LogP contribution in [-0.4, -0.2) is 23.0 Å². The molecular weight excluding hydrogens is 378 g/mol. The van der Waals surface area contributed by atoms with Crippen molar-refractivity contribution in [1.29, 1.82) is 5.26 Å². The molecule has 2 aromatic carbocycles. The van der Waals surface area contributed by atoms with E-state index in [-0.39, 0.29) is 0 Å². The van der Waals surface area contributed by atoms with E-state index in [4.69, 9.17) is 21.6 Å². The third-order valence-corrected chi connectivity index (χ3v) is 4.10. The van der Waals surface area contributed by atoms with E-state index in [2.05, 4.69) is 26.7 Å². The minimum Gasteiger partial charge on any atom is -0.465 e. The molecule has 0 aliphatic heterocycles. The van der Waals surface area contributed by atoms with Gasteiger partial charge in [0.15, 0.2) is 0 Å². The van der Waals surface area contributed by atoms with E-state index in [1.807, 2.05) is 6.92 Å². The lowest BCUT2D eigenvalue weighted by Crippen LogP contribution is -2.04. The monoisotopic (exact) mass is 393 g/mol. The fourth-order valence-corrected chi connectivity index (χ4v) is 2.61. The summed E-state index contributed by atoms with van der Waals surface area (Å²) in [6.07, 6.45) is 0. The van der Waals surface area contributed by atoms with Crippen molar-refractivity contribution in [3.8, 4) is 6.07 Å². The lowest BCUT2D eigenvalue weighted by molar-refractivity contribution is 0.0601. The number of carbonyl (C=O) groups excluding carboxylic acids is 1. The molecular formula is C20H16ClN5O2. The Morgan fingerprint density at radius 2 is 1.86 bits per heavy atom. The molecule has 0 radical (unpaired) electrons. The number of ether oxygens (including phenoxy) is 1. The number of aromatic nitrogens is 2. The van der Waals surface area contributed by atoms with Gasteiger partial charge in [0.2, 0.25) is 5.95 Å². The highest BCUT2D eigenvalue weighted by molar-refractivity contribution is 6.33. The van der Waals surface area contributed by atoms with Gasteiger partial charge in [0.1, 0.15) is 5.82 Å². The number of nitrogens with zero attached hydrogens (tertiary/aromatic N) is 3. The van der Waals surface area contributed by atoms with Crippen LogP contribution in [0.4, 0.5) is 23.1 Å². The smallest absolute Gasteiger partial charge is 0.337 e. The molecule has 0 bridgehead atoms. The summed E-state index contributed by atoms with van der Waals surface area (Å²) in [4.78, 5) is 20.5. The molecule has 140 valence electrons. The number of anilines is 4. The fraction of sp³-hybridized carbons (Fsp3) is 0.100. The molecule has 2 N–H and O–H groups in total. The van der Waals surface area contributed by atoms with Crippen molar-refractivity contribution in [2.45, 2.75) is 6.92 Å². The largest absolute Gasteiger partial charge is 0.465 e. The third kappa shape index (κ3) is 4.55. The topological polar surface area (TPSA) is 99.9 Å². The van der Waals surface area contributed by atoms with Crippen LogP contribution >= 0.6 is 11.6 Å². The van der Waals surface area contributed by atoms with E-state index < -0.39 is 5.97 Å². The summed E-state index contributed by atoms with van der Waals surface area (Å²) in [5.41, 5.74) is 2.94. The second-order valence-electron chi connectivity index (χ2n) is 5.84. The molecule has 3 aromatic rings. The highest BCUT2D eigenvalue weighted by atomic mass is 35.5. The van der Waals surface area contributed by atoms with Gasteiger partial charge in [-0.15, -0.1) is 0 Å². The lowest BCUT2D eigenvalue weighted by atomic mass is 10.2. The maximum atomic E-state index is 11.7. The van der Waals surface area contributed by atoms with E-state index in [0.717, 1.165) is 11.4 Å². The fourth-order valence-electron chi connectivity index (χ4n) is 2.45. The molecule has 8 heteroatoms. The second kappa shape index (κ2) is 8.37. The molecule has 0 saturated carbocycles. The second-order valence-corrected chi connectivity index (χ2v) is 6.25. The van der Waals surface area contributed by atoms with Gasteiger partial charge in [0.05, 0.1) is 35.0 Å². The summed E-state index contributed by atoms with van der Waals surface area (Å²) in [6.45, 7) is 1.84. The minimum atomic E-state index is -0.457. The van der Waals surface area contributed by atoms with Gasteiger partial charge < -0.3 is 15.4 Å². The molecule has 0 aliphatic rings. The molecule has 0 atom stereocenters. The number of halogens is 1. The molecule has 3 rings (SSSR count). The van der Waals surface area contributed by atoms with Gasteiger partial charge in [-0.1, -0.05) is 11.6 Å². The van der Waals surface area contributed by atoms with Gasteiger partial charge in [-0.05, 0) is 49.4 Å². The Morgan fingerprint density at radius 1 is 1.11 bits per heavy atom. The van der Waals surface area contributed by atoms with E-state index in [9.17, 15) is 4.79 Å². The Morgan fingerprint density at radius 3 is 2.54 bits per heavy atom. The lowest BCUT2D eigenvalue weighted by Gasteiger charge is -2.12. The Balaban J connectivity index is 1.85. The molecule has 1 heterocycles. The van der Waals surface area contributed by atoms with Gasteiger partial charge >= 0.3 is 5.97 Å². The number of hydrogen-bond acceptors (Lipinski definition) is 7. The summed E-state index contributed by atoms with van der Waals surface area (Å²) in [5, 5.41) is 15.5. The number of rotatable bonds is 5. The summed E-state index contributed by atoms with van der Waals surface area (Å²) in [5.74, 6) is 0.432. The number of carbonyl (C=O) groups is 1. The van der Waals surface area contributed by atoms with Crippen LogP contribution in [0.3, 0.4) is 0 Å². The molecule has 0 spiro atoms. The average Bonchev–Trinajstić information content (AvgIpc) is 2.69. The van der Waals surface area contributed by atoms with E-state index >= 15 is 0 Å². The van der Waals surface area contributed by atoms with Crippen molar-refractivity contribution in [1.82, 2.24) is 9.97 Å². The first-order valence-corrected chi connectivity index (χ1v) is 8.64. The van der Waals surface area contributed by atoms with E-state index in [1.54, 1.807) is 48.5 Å². The maximum absolute atomic E-state index is 11.7. The summed E-state index contributed by atoms with van der Waals surface area (Å²) < 4.78 is 4.74. The number of aryl methyl sites for hydroxylation is 1. The Bertz CT molecular complexity index is 1060. The van der Waals surface area contributed by atoms with Crippen molar-refractivity contribution in [3.05, 3.63) is 70.4 Å². The zero-order chi connectivity index (χ0) is 20.1. The summed E-state index contributed by atoms with van der Waals surface area (Å²) in [7, 11) is 1.32. The highest BCUT2D eigenvalue weighted by Crippen LogP contribution is 2.27. The SMILES string of the molecule is COC(=O)c1ccc(Cl)c(Nc2cc(C)nc(Nc3ccc(C#N)cc3)n2)c1. The van der Waals surface area contributed by atoms with Crippen molar-refractivity contribution in [2.75, 3.05) is 17.7 Å². The Kier molecular flexibility index (Phi) is 5.72. The van der Waals surface area contributed by atoms with Crippen LogP contribution in [0.2, 0.25) is 5.02 Å². The number of benzene rings is 2. The molecule has 7 nitrogen and oxygen atoms in total. The van der Waals surface area contributed by atoms with Crippen molar-refractivity contribution in [3.63, 3.8) is 0 Å². The molecule has 28 heavy (non-hydrogen) atoms. The molecule has 0 unspecified atom stereocenters. The minimum absolute atomic E-state index is 0.371. The zero-order valence-corrected chi connectivity index (χ0v) is 15.9. The standard InChI is InChI=1S/C20H16ClN5O2/c1-12-9-18(25-17-10-14(19(27)28-2)5-8-16(17)21)26-20(23-12)24-15-6-3-13(11-22)4-7-15/h3-10H,1-2H3,(H2,23,24,25,26). The average molecular weight is 394 g/mol. The molecule has 1 aromatic heterocycles. The molecule has 0 saturated heterocycles. The van der Waals surface area contributed by atoms with Crippen LogP contribution in [-0.2, 0) is 4.74 Å². The number of nitriles is 1. The van der Waals surface area contributed by atoms with Crippen LogP contribution in [0.25, 0.3) is 0 Å². The van der Waals surface area contributed by atoms with Crippen LogP contribution < -0.4 is 10.6 Å². The van der Waals surface area contributed by atoms with Crippen molar-refractivity contribution >= 4 is 40.7 Å². The predicted molar refractivity (Wildman–Crippen MR) is 107 cm³/mol. The Labute approximate surface area is 167 Å². The quantitative estimate of drug-likeness (QED) is 0.611. The van der Waals surface area contributed by atoms with Crippen LogP contribution in [0.1, 0.15) is 21.6 Å². The van der Waals surface area contributed by atoms with Crippen LogP contribution in [0.5, 0.6) is 0 Å². The zero-order valence-electron chi connectivity index (χ0n) is 15.2. The first-order valence-electron chi connectivity index (χ1n) is 8.26. The number of nitrogens with one attached hydrogen (secondary N) is 2. The summed E-state index contributed by atoms with van der Waals surface area (Å²) in [6, 6.07) is 15.6. The van der Waals surface area contributed by atoms with Crippen LogP contribution in [0.15, 0.2) is 48.5 Å². The first-order chi connectivity index (χ1) is 13.5. The van der Waals surface area contributed by atoms with Gasteiger partial charge in [-0.25, -0.2) is 9.78 Å². The van der Waals surface area contributed by atoms with Crippen LogP contribution in [0, 0.1) is 18.3 Å². The van der Waals surface area contributed by atoms with Crippen molar-refractivity contribution < 1.29 is 9.53 Å². The molecule has 0 aliphatic carbocycles. The molecule has 0 fully saturated rings. The third-order valence-electron chi connectivity index (χ3n) is 3.77. The van der Waals surface area contributed by atoms with Gasteiger partial charge in [-0.2, -0.15) is 10.2 Å². The first kappa shape index (κ1) is 19.1. The van der Waals surface area contributed by atoms with E-state index in [1.165, 1.54) is 7.11 Å². The van der Waals surface area contributed by atoms with Gasteiger partial charge in [0, 0.05) is 17.4 Å². The van der Waals surface area contributed by atoms with Gasteiger partial charge in [0.25, 0.3) is 0 Å². The number of methoxy groups -OCH3 is 1. The normalized spacial score (nSPS) is 10.1. The van der Waals surface area contributed by atoms with Crippen molar-refractivity contribution in [2.24, 2.45) is 0 Å². The molecule has 0 amide bonds. The van der Waals surface area contributed by atoms with E-state index in [0.29, 0.717) is 33.6 Å². The Hall–Kier alpha value is -3.63. The number of esters is 1. The maximum Gasteiger partial charge on any atom is 0.337 e.